The lowest BCUT2D eigenvalue weighted by Gasteiger charge is -2.21. The number of carbonyl (C=O) groups is 1. The number of hydrogen-bond donors (Lipinski definition) is 2. The molecule has 1 amide bonds. The molecule has 0 aliphatic rings. The second-order valence-electron chi connectivity index (χ2n) is 5.45. The number of primary amides is 1. The Balaban J connectivity index is 1.87. The lowest BCUT2D eigenvalue weighted by Crippen LogP contribution is -2.40. The molecule has 0 radical (unpaired) electrons. The van der Waals surface area contributed by atoms with E-state index in [0.29, 0.717) is 0 Å². The van der Waals surface area contributed by atoms with E-state index in [1.54, 1.807) is 19.1 Å². The van der Waals surface area contributed by atoms with Crippen molar-refractivity contribution in [2.75, 3.05) is 13.6 Å². The average Bonchev–Trinajstić information content (AvgIpc) is 2.95. The first-order valence-corrected chi connectivity index (χ1v) is 7.27. The highest BCUT2D eigenvalue weighted by molar-refractivity contribution is 5.79. The fourth-order valence-corrected chi connectivity index (χ4v) is 2.19. The Kier molecular flexibility index (Phi) is 5.27. The van der Waals surface area contributed by atoms with Crippen LogP contribution < -0.4 is 5.73 Å². The van der Waals surface area contributed by atoms with Gasteiger partial charge >= 0.3 is 0 Å². The molecule has 0 saturated carbocycles. The summed E-state index contributed by atoms with van der Waals surface area (Å²) >= 11 is 0. The van der Waals surface area contributed by atoms with Crippen molar-refractivity contribution in [2.24, 2.45) is 5.73 Å². The summed E-state index contributed by atoms with van der Waals surface area (Å²) < 4.78 is 12.9. The maximum atomic E-state index is 12.9. The van der Waals surface area contributed by atoms with Gasteiger partial charge in [0.15, 0.2) is 0 Å². The minimum Gasteiger partial charge on any atom is -0.368 e. The van der Waals surface area contributed by atoms with Crippen LogP contribution in [-0.2, 0) is 11.2 Å². The molecular weight excluding hydrogens is 283 g/mol. The van der Waals surface area contributed by atoms with Crippen LogP contribution in [0.4, 0.5) is 4.39 Å². The predicted octanol–water partition coefficient (Wildman–Crippen LogP) is 1.95. The van der Waals surface area contributed by atoms with Gasteiger partial charge in [0, 0.05) is 11.3 Å². The van der Waals surface area contributed by atoms with Gasteiger partial charge in [0.25, 0.3) is 0 Å². The number of nitrogens with two attached hydrogens (primary N) is 1. The monoisotopic (exact) mass is 304 g/mol. The summed E-state index contributed by atoms with van der Waals surface area (Å²) in [6.45, 7) is 2.57. The highest BCUT2D eigenvalue weighted by atomic mass is 19.1. The molecule has 1 aromatic heterocycles. The van der Waals surface area contributed by atoms with Crippen molar-refractivity contribution in [1.29, 1.82) is 0 Å². The first-order valence-electron chi connectivity index (χ1n) is 7.27. The Bertz CT molecular complexity index is 623. The molecule has 0 spiro atoms. The quantitative estimate of drug-likeness (QED) is 0.821. The molecule has 1 unspecified atom stereocenters. The largest absolute Gasteiger partial charge is 0.368 e. The van der Waals surface area contributed by atoms with Crippen molar-refractivity contribution < 1.29 is 9.18 Å². The third kappa shape index (κ3) is 4.14. The standard InChI is InChI=1S/C16H21FN4O/c1-11(16(18)22)21(2)9-3-4-14-10-15(20-19-14)12-5-7-13(17)8-6-12/h5-8,10-11H,3-4,9H2,1-2H3,(H2,18,22)(H,19,20). The number of rotatable bonds is 7. The minimum absolute atomic E-state index is 0.258. The van der Waals surface area contributed by atoms with E-state index in [1.165, 1.54) is 12.1 Å². The minimum atomic E-state index is -0.317. The van der Waals surface area contributed by atoms with Crippen LogP contribution in [0.15, 0.2) is 30.3 Å². The van der Waals surface area contributed by atoms with E-state index in [2.05, 4.69) is 10.2 Å². The summed E-state index contributed by atoms with van der Waals surface area (Å²) in [5.74, 6) is -0.575. The number of aromatic amines is 1. The molecule has 118 valence electrons. The fourth-order valence-electron chi connectivity index (χ4n) is 2.19. The lowest BCUT2D eigenvalue weighted by molar-refractivity contribution is -0.122. The zero-order valence-electron chi connectivity index (χ0n) is 12.8. The molecule has 0 aliphatic heterocycles. The summed E-state index contributed by atoms with van der Waals surface area (Å²) in [4.78, 5) is 13.0. The van der Waals surface area contributed by atoms with Crippen molar-refractivity contribution in [3.05, 3.63) is 41.8 Å². The normalized spacial score (nSPS) is 12.5. The smallest absolute Gasteiger partial charge is 0.234 e. The number of carbonyl (C=O) groups excluding carboxylic acids is 1. The average molecular weight is 304 g/mol. The number of H-pyrrole nitrogens is 1. The third-order valence-electron chi connectivity index (χ3n) is 3.80. The van der Waals surface area contributed by atoms with Crippen LogP contribution in [0, 0.1) is 5.82 Å². The number of amides is 1. The van der Waals surface area contributed by atoms with Crippen LogP contribution in [0.1, 0.15) is 19.0 Å². The number of likely N-dealkylation sites (N-methyl/N-ethyl adjacent to an activating group) is 1. The van der Waals surface area contributed by atoms with Crippen molar-refractivity contribution in [3.63, 3.8) is 0 Å². The first kappa shape index (κ1) is 16.2. The van der Waals surface area contributed by atoms with E-state index >= 15 is 0 Å². The molecule has 1 aromatic carbocycles. The molecule has 2 rings (SSSR count). The Morgan fingerprint density at radius 2 is 2.09 bits per heavy atom. The van der Waals surface area contributed by atoms with Crippen molar-refractivity contribution in [1.82, 2.24) is 15.1 Å². The van der Waals surface area contributed by atoms with Crippen LogP contribution in [0.3, 0.4) is 0 Å². The third-order valence-corrected chi connectivity index (χ3v) is 3.80. The molecule has 1 atom stereocenters. The van der Waals surface area contributed by atoms with E-state index in [-0.39, 0.29) is 17.8 Å². The van der Waals surface area contributed by atoms with Crippen LogP contribution in [0.25, 0.3) is 11.3 Å². The summed E-state index contributed by atoms with van der Waals surface area (Å²) in [6.07, 6.45) is 1.71. The maximum absolute atomic E-state index is 12.9. The Hall–Kier alpha value is -2.21. The van der Waals surface area contributed by atoms with Gasteiger partial charge in [-0.1, -0.05) is 0 Å². The summed E-state index contributed by atoms with van der Waals surface area (Å²) in [7, 11) is 1.88. The van der Waals surface area contributed by atoms with Gasteiger partial charge in [-0.2, -0.15) is 5.10 Å². The van der Waals surface area contributed by atoms with Crippen LogP contribution >= 0.6 is 0 Å². The van der Waals surface area contributed by atoms with Gasteiger partial charge in [-0.3, -0.25) is 14.8 Å². The van der Waals surface area contributed by atoms with E-state index in [4.69, 9.17) is 5.73 Å². The van der Waals surface area contributed by atoms with Gasteiger partial charge in [-0.15, -0.1) is 0 Å². The number of benzene rings is 1. The van der Waals surface area contributed by atoms with Gasteiger partial charge in [-0.25, -0.2) is 4.39 Å². The molecule has 22 heavy (non-hydrogen) atoms. The highest BCUT2D eigenvalue weighted by Crippen LogP contribution is 2.18. The summed E-state index contributed by atoms with van der Waals surface area (Å²) in [6, 6.07) is 7.95. The van der Waals surface area contributed by atoms with Crippen molar-refractivity contribution in [3.8, 4) is 11.3 Å². The SMILES string of the molecule is CC(C(N)=O)N(C)CCCc1cc(-c2ccc(F)cc2)n[nH]1. The number of aromatic nitrogens is 2. The zero-order valence-corrected chi connectivity index (χ0v) is 12.8. The van der Waals surface area contributed by atoms with Gasteiger partial charge in [0.05, 0.1) is 11.7 Å². The number of aryl methyl sites for hydroxylation is 1. The lowest BCUT2D eigenvalue weighted by atomic mass is 10.1. The number of hydrogen-bond acceptors (Lipinski definition) is 3. The van der Waals surface area contributed by atoms with E-state index in [0.717, 1.165) is 36.3 Å². The second-order valence-corrected chi connectivity index (χ2v) is 5.45. The topological polar surface area (TPSA) is 75.0 Å². The first-order chi connectivity index (χ1) is 10.5. The number of nitrogens with zero attached hydrogens (tertiary/aromatic N) is 2. The molecule has 2 aromatic rings. The van der Waals surface area contributed by atoms with Gasteiger partial charge < -0.3 is 5.73 Å². The van der Waals surface area contributed by atoms with Gasteiger partial charge in [0.1, 0.15) is 5.82 Å². The summed E-state index contributed by atoms with van der Waals surface area (Å²) in [5, 5.41) is 7.23. The molecule has 0 aliphatic carbocycles. The molecule has 6 heteroatoms. The van der Waals surface area contributed by atoms with E-state index < -0.39 is 0 Å². The predicted molar refractivity (Wildman–Crippen MR) is 83.6 cm³/mol. The molecule has 1 heterocycles. The van der Waals surface area contributed by atoms with Crippen LogP contribution in [0.5, 0.6) is 0 Å². The molecular formula is C16H21FN4O. The van der Waals surface area contributed by atoms with E-state index in [1.807, 2.05) is 18.0 Å². The Morgan fingerprint density at radius 1 is 1.41 bits per heavy atom. The maximum Gasteiger partial charge on any atom is 0.234 e. The van der Waals surface area contributed by atoms with Gasteiger partial charge in [-0.05, 0) is 63.7 Å². The zero-order chi connectivity index (χ0) is 16.1. The van der Waals surface area contributed by atoms with Crippen LogP contribution in [-0.4, -0.2) is 40.6 Å². The number of nitrogens with one attached hydrogen (secondary N) is 1. The molecule has 0 fully saturated rings. The summed E-state index contributed by atoms with van der Waals surface area (Å²) in [5.41, 5.74) is 7.97. The molecule has 3 N–H and O–H groups in total. The van der Waals surface area contributed by atoms with Crippen molar-refractivity contribution >= 4 is 5.91 Å². The Morgan fingerprint density at radius 3 is 2.73 bits per heavy atom. The molecule has 0 saturated heterocycles. The highest BCUT2D eigenvalue weighted by Gasteiger charge is 2.14. The number of halogens is 1. The Labute approximate surface area is 129 Å². The van der Waals surface area contributed by atoms with Gasteiger partial charge in [0.2, 0.25) is 5.91 Å². The fraction of sp³-hybridized carbons (Fsp3) is 0.375. The van der Waals surface area contributed by atoms with Crippen LogP contribution in [0.2, 0.25) is 0 Å². The molecule has 5 nitrogen and oxygen atoms in total. The van der Waals surface area contributed by atoms with E-state index in [9.17, 15) is 9.18 Å². The second kappa shape index (κ2) is 7.17. The van der Waals surface area contributed by atoms with Crippen molar-refractivity contribution in [2.45, 2.75) is 25.8 Å². The molecule has 0 bridgehead atoms.